The maximum atomic E-state index is 12.5. The number of nitrogens with zero attached hydrogens (tertiary/aromatic N) is 2. The van der Waals surface area contributed by atoms with Crippen LogP contribution in [0.3, 0.4) is 0 Å². The van der Waals surface area contributed by atoms with Crippen LogP contribution in [0.2, 0.25) is 0 Å². The summed E-state index contributed by atoms with van der Waals surface area (Å²) in [5.41, 5.74) is 4.30. The van der Waals surface area contributed by atoms with Gasteiger partial charge in [-0.1, -0.05) is 63.7 Å². The fraction of sp³-hybridized carbons (Fsp3) is 0.476. The van der Waals surface area contributed by atoms with E-state index in [1.165, 1.54) is 17.3 Å². The zero-order valence-corrected chi connectivity index (χ0v) is 17.4. The molecular weight excluding hydrogens is 342 g/mol. The van der Waals surface area contributed by atoms with Gasteiger partial charge in [-0.05, 0) is 42.9 Å². The normalized spacial score (nSPS) is 12.5. The van der Waals surface area contributed by atoms with Gasteiger partial charge < -0.3 is 5.32 Å². The molecule has 4 nitrogen and oxygen atoms in total. The summed E-state index contributed by atoms with van der Waals surface area (Å²) in [5.74, 6) is 1.14. The molecule has 0 spiro atoms. The first kappa shape index (κ1) is 20.4. The van der Waals surface area contributed by atoms with Crippen molar-refractivity contribution in [2.24, 2.45) is 5.92 Å². The SMILES string of the molecule is Cc1cc(C)nc(SCC(=O)NC(c2ccc(C(C)C)cc2)C(C)C)n1. The summed E-state index contributed by atoms with van der Waals surface area (Å²) in [4.78, 5) is 21.2. The van der Waals surface area contributed by atoms with E-state index in [4.69, 9.17) is 0 Å². The van der Waals surface area contributed by atoms with E-state index >= 15 is 0 Å². The third kappa shape index (κ3) is 5.84. The van der Waals surface area contributed by atoms with Crippen LogP contribution < -0.4 is 5.32 Å². The summed E-state index contributed by atoms with van der Waals surface area (Å²) >= 11 is 1.38. The van der Waals surface area contributed by atoms with Crippen LogP contribution in [-0.4, -0.2) is 21.6 Å². The Morgan fingerprint density at radius 2 is 1.54 bits per heavy atom. The van der Waals surface area contributed by atoms with Crippen molar-refractivity contribution in [1.82, 2.24) is 15.3 Å². The molecule has 2 aromatic rings. The van der Waals surface area contributed by atoms with Crippen LogP contribution in [0.4, 0.5) is 0 Å². The molecule has 0 bridgehead atoms. The van der Waals surface area contributed by atoms with Crippen LogP contribution in [0.1, 0.15) is 62.2 Å². The summed E-state index contributed by atoms with van der Waals surface area (Å²) < 4.78 is 0. The predicted octanol–water partition coefficient (Wildman–Crippen LogP) is 4.82. The van der Waals surface area contributed by atoms with E-state index in [9.17, 15) is 4.79 Å². The Morgan fingerprint density at radius 3 is 2.04 bits per heavy atom. The van der Waals surface area contributed by atoms with Gasteiger partial charge in [-0.25, -0.2) is 9.97 Å². The molecule has 1 N–H and O–H groups in total. The zero-order valence-electron chi connectivity index (χ0n) is 16.5. The second-order valence-corrected chi connectivity index (χ2v) is 8.28. The first-order chi connectivity index (χ1) is 12.3. The highest BCUT2D eigenvalue weighted by atomic mass is 32.2. The Bertz CT molecular complexity index is 721. The highest BCUT2D eigenvalue weighted by molar-refractivity contribution is 7.99. The Kier molecular flexibility index (Phi) is 7.21. The molecule has 1 heterocycles. The number of carbonyl (C=O) groups excluding carboxylic acids is 1. The molecule has 1 amide bonds. The minimum Gasteiger partial charge on any atom is -0.348 e. The lowest BCUT2D eigenvalue weighted by Crippen LogP contribution is -2.33. The first-order valence-corrected chi connectivity index (χ1v) is 10.1. The van der Waals surface area contributed by atoms with Crippen molar-refractivity contribution in [3.05, 3.63) is 52.8 Å². The van der Waals surface area contributed by atoms with Crippen LogP contribution in [0, 0.1) is 19.8 Å². The van der Waals surface area contributed by atoms with Crippen LogP contribution >= 0.6 is 11.8 Å². The lowest BCUT2D eigenvalue weighted by atomic mass is 9.93. The van der Waals surface area contributed by atoms with Crippen molar-refractivity contribution in [2.75, 3.05) is 5.75 Å². The van der Waals surface area contributed by atoms with E-state index in [1.54, 1.807) is 0 Å². The number of amides is 1. The average molecular weight is 372 g/mol. The molecule has 5 heteroatoms. The van der Waals surface area contributed by atoms with Gasteiger partial charge in [0.1, 0.15) is 0 Å². The predicted molar refractivity (Wildman–Crippen MR) is 108 cm³/mol. The maximum Gasteiger partial charge on any atom is 0.230 e. The molecule has 0 saturated carbocycles. The number of thioether (sulfide) groups is 1. The Hall–Kier alpha value is -1.88. The van der Waals surface area contributed by atoms with Crippen LogP contribution in [-0.2, 0) is 4.79 Å². The average Bonchev–Trinajstić information content (AvgIpc) is 2.57. The highest BCUT2D eigenvalue weighted by Crippen LogP contribution is 2.24. The molecule has 0 aliphatic heterocycles. The van der Waals surface area contributed by atoms with Crippen molar-refractivity contribution in [2.45, 2.75) is 58.7 Å². The van der Waals surface area contributed by atoms with Gasteiger partial charge in [0, 0.05) is 11.4 Å². The number of carbonyl (C=O) groups is 1. The zero-order chi connectivity index (χ0) is 19.3. The van der Waals surface area contributed by atoms with E-state index < -0.39 is 0 Å². The third-order valence-corrected chi connectivity index (χ3v) is 5.09. The van der Waals surface area contributed by atoms with Crippen molar-refractivity contribution >= 4 is 17.7 Å². The molecule has 1 unspecified atom stereocenters. The minimum absolute atomic E-state index is 0.00407. The van der Waals surface area contributed by atoms with Crippen LogP contribution in [0.25, 0.3) is 0 Å². The van der Waals surface area contributed by atoms with Crippen LogP contribution in [0.5, 0.6) is 0 Å². The minimum atomic E-state index is 0.00407. The van der Waals surface area contributed by atoms with Gasteiger partial charge in [-0.2, -0.15) is 0 Å². The van der Waals surface area contributed by atoms with E-state index in [1.807, 2.05) is 19.9 Å². The molecule has 2 rings (SSSR count). The van der Waals surface area contributed by atoms with E-state index in [0.717, 1.165) is 17.0 Å². The van der Waals surface area contributed by atoms with Gasteiger partial charge in [0.15, 0.2) is 5.16 Å². The van der Waals surface area contributed by atoms with Gasteiger partial charge in [0.05, 0.1) is 11.8 Å². The topological polar surface area (TPSA) is 54.9 Å². The van der Waals surface area contributed by atoms with Crippen molar-refractivity contribution in [1.29, 1.82) is 0 Å². The van der Waals surface area contributed by atoms with E-state index in [2.05, 4.69) is 67.2 Å². The summed E-state index contributed by atoms with van der Waals surface area (Å²) in [6, 6.07) is 10.5. The highest BCUT2D eigenvalue weighted by Gasteiger charge is 2.19. The smallest absolute Gasteiger partial charge is 0.230 e. The van der Waals surface area contributed by atoms with Gasteiger partial charge in [0.2, 0.25) is 5.91 Å². The summed E-state index contributed by atoms with van der Waals surface area (Å²) in [6.07, 6.45) is 0. The Morgan fingerprint density at radius 1 is 1.00 bits per heavy atom. The molecule has 1 atom stereocenters. The number of benzene rings is 1. The van der Waals surface area contributed by atoms with Gasteiger partial charge in [0.25, 0.3) is 0 Å². The molecule has 1 aromatic heterocycles. The molecule has 26 heavy (non-hydrogen) atoms. The first-order valence-electron chi connectivity index (χ1n) is 9.10. The second kappa shape index (κ2) is 9.17. The lowest BCUT2D eigenvalue weighted by molar-refractivity contribution is -0.119. The Balaban J connectivity index is 2.01. The number of aromatic nitrogens is 2. The van der Waals surface area contributed by atoms with Crippen molar-refractivity contribution < 1.29 is 4.79 Å². The molecule has 0 aliphatic carbocycles. The number of rotatable bonds is 7. The number of aryl methyl sites for hydroxylation is 2. The van der Waals surface area contributed by atoms with Gasteiger partial charge in [-0.15, -0.1) is 0 Å². The standard InChI is InChI=1S/C21H29N3OS/c1-13(2)17-7-9-18(10-8-17)20(14(3)4)24-19(25)12-26-21-22-15(5)11-16(6)23-21/h7-11,13-14,20H,12H2,1-6H3,(H,24,25). The fourth-order valence-corrected chi connectivity index (χ4v) is 3.59. The Labute approximate surface area is 161 Å². The van der Waals surface area contributed by atoms with Crippen molar-refractivity contribution in [3.8, 4) is 0 Å². The largest absolute Gasteiger partial charge is 0.348 e. The molecule has 0 radical (unpaired) electrons. The lowest BCUT2D eigenvalue weighted by Gasteiger charge is -2.23. The summed E-state index contributed by atoms with van der Waals surface area (Å²) in [7, 11) is 0. The third-order valence-electron chi connectivity index (χ3n) is 4.24. The maximum absolute atomic E-state index is 12.5. The monoisotopic (exact) mass is 371 g/mol. The van der Waals surface area contributed by atoms with Crippen molar-refractivity contribution in [3.63, 3.8) is 0 Å². The number of hydrogen-bond donors (Lipinski definition) is 1. The molecule has 0 aliphatic rings. The quantitative estimate of drug-likeness (QED) is 0.560. The van der Waals surface area contributed by atoms with E-state index in [0.29, 0.717) is 22.7 Å². The fourth-order valence-electron chi connectivity index (χ4n) is 2.83. The molecule has 140 valence electrons. The number of hydrogen-bond acceptors (Lipinski definition) is 4. The van der Waals surface area contributed by atoms with Gasteiger partial charge >= 0.3 is 0 Å². The van der Waals surface area contributed by atoms with E-state index in [-0.39, 0.29) is 11.9 Å². The summed E-state index contributed by atoms with van der Waals surface area (Å²) in [5, 5.41) is 3.82. The molecular formula is C21H29N3OS. The molecule has 0 fully saturated rings. The molecule has 1 aromatic carbocycles. The number of nitrogens with one attached hydrogen (secondary N) is 1. The van der Waals surface area contributed by atoms with Crippen LogP contribution in [0.15, 0.2) is 35.5 Å². The van der Waals surface area contributed by atoms with Gasteiger partial charge in [-0.3, -0.25) is 4.79 Å². The summed E-state index contributed by atoms with van der Waals surface area (Å²) in [6.45, 7) is 12.5. The molecule has 0 saturated heterocycles. The second-order valence-electron chi connectivity index (χ2n) is 7.33.